The van der Waals surface area contributed by atoms with Crippen molar-refractivity contribution in [2.24, 2.45) is 0 Å². The Morgan fingerprint density at radius 2 is 2.00 bits per heavy atom. The van der Waals surface area contributed by atoms with Crippen molar-refractivity contribution in [1.29, 1.82) is 0 Å². The number of benzene rings is 1. The first-order valence-electron chi connectivity index (χ1n) is 8.03. The van der Waals surface area contributed by atoms with Crippen LogP contribution in [0.4, 0.5) is 0 Å². The van der Waals surface area contributed by atoms with E-state index in [1.807, 2.05) is 19.9 Å². The molecule has 3 heteroatoms. The molecule has 1 aromatic carbocycles. The van der Waals surface area contributed by atoms with Crippen LogP contribution in [0.15, 0.2) is 24.3 Å². The molecule has 1 fully saturated rings. The maximum atomic E-state index is 12.7. The largest absolute Gasteiger partial charge is 0.388 e. The van der Waals surface area contributed by atoms with Gasteiger partial charge in [0.1, 0.15) is 0 Å². The van der Waals surface area contributed by atoms with E-state index in [1.54, 1.807) is 0 Å². The third-order valence-electron chi connectivity index (χ3n) is 5.11. The van der Waals surface area contributed by atoms with E-state index in [2.05, 4.69) is 30.4 Å². The summed E-state index contributed by atoms with van der Waals surface area (Å²) in [4.78, 5) is 12.7. The van der Waals surface area contributed by atoms with E-state index in [1.165, 1.54) is 5.56 Å². The highest BCUT2D eigenvalue weighted by Crippen LogP contribution is 2.44. The zero-order valence-electron chi connectivity index (χ0n) is 13.4. The normalized spacial score (nSPS) is 17.1. The molecule has 3 nitrogen and oxygen atoms in total. The Bertz CT molecular complexity index is 502. The predicted octanol–water partition coefficient (Wildman–Crippen LogP) is 3.08. The van der Waals surface area contributed by atoms with Gasteiger partial charge in [-0.05, 0) is 38.2 Å². The highest BCUT2D eigenvalue weighted by molar-refractivity contribution is 5.89. The number of nitrogens with one attached hydrogen (secondary N) is 1. The second-order valence-electron chi connectivity index (χ2n) is 6.42. The first-order chi connectivity index (χ1) is 9.96. The molecule has 0 unspecified atom stereocenters. The molecule has 0 atom stereocenters. The third kappa shape index (κ3) is 3.13. The van der Waals surface area contributed by atoms with Gasteiger partial charge in [0, 0.05) is 6.54 Å². The van der Waals surface area contributed by atoms with Gasteiger partial charge in [0.2, 0.25) is 5.91 Å². The van der Waals surface area contributed by atoms with Crippen molar-refractivity contribution >= 4 is 5.91 Å². The highest BCUT2D eigenvalue weighted by atomic mass is 16.3. The standard InChI is InChI=1S/C18H27NO2/c1-4-17(21,5-2)13-19-16(20)18(10-7-11-18)15-9-6-8-14(3)12-15/h6,8-9,12,21H,4-5,7,10-11,13H2,1-3H3,(H,19,20). The van der Waals surface area contributed by atoms with Crippen molar-refractivity contribution in [2.75, 3.05) is 6.54 Å². The fourth-order valence-electron chi connectivity index (χ4n) is 3.03. The van der Waals surface area contributed by atoms with Crippen LogP contribution in [0.1, 0.15) is 57.1 Å². The van der Waals surface area contributed by atoms with Gasteiger partial charge in [-0.15, -0.1) is 0 Å². The maximum Gasteiger partial charge on any atom is 0.230 e. The van der Waals surface area contributed by atoms with Crippen molar-refractivity contribution in [3.63, 3.8) is 0 Å². The molecule has 0 spiro atoms. The van der Waals surface area contributed by atoms with E-state index >= 15 is 0 Å². The number of aliphatic hydroxyl groups is 1. The molecule has 2 N–H and O–H groups in total. The summed E-state index contributed by atoms with van der Waals surface area (Å²) in [5.41, 5.74) is 1.13. The Balaban J connectivity index is 2.12. The Labute approximate surface area is 127 Å². The summed E-state index contributed by atoms with van der Waals surface area (Å²) in [7, 11) is 0. The van der Waals surface area contributed by atoms with Gasteiger partial charge in [0.15, 0.2) is 0 Å². The van der Waals surface area contributed by atoms with Crippen LogP contribution in [0, 0.1) is 6.92 Å². The van der Waals surface area contributed by atoms with Gasteiger partial charge < -0.3 is 10.4 Å². The molecule has 0 heterocycles. The quantitative estimate of drug-likeness (QED) is 0.845. The molecule has 1 amide bonds. The predicted molar refractivity (Wildman–Crippen MR) is 85.2 cm³/mol. The van der Waals surface area contributed by atoms with E-state index in [0.717, 1.165) is 24.8 Å². The van der Waals surface area contributed by atoms with Crippen LogP contribution in [-0.4, -0.2) is 23.2 Å². The molecule has 1 aromatic rings. The van der Waals surface area contributed by atoms with Gasteiger partial charge in [-0.1, -0.05) is 50.1 Å². The summed E-state index contributed by atoms with van der Waals surface area (Å²) in [6, 6.07) is 8.25. The van der Waals surface area contributed by atoms with E-state index < -0.39 is 5.60 Å². The Morgan fingerprint density at radius 3 is 2.48 bits per heavy atom. The van der Waals surface area contributed by atoms with E-state index in [9.17, 15) is 9.90 Å². The molecular formula is C18H27NO2. The van der Waals surface area contributed by atoms with Crippen LogP contribution in [-0.2, 0) is 10.2 Å². The van der Waals surface area contributed by atoms with Crippen LogP contribution in [0.2, 0.25) is 0 Å². The summed E-state index contributed by atoms with van der Waals surface area (Å²) in [5, 5.41) is 13.3. The maximum absolute atomic E-state index is 12.7. The van der Waals surface area contributed by atoms with Gasteiger partial charge >= 0.3 is 0 Å². The fraction of sp³-hybridized carbons (Fsp3) is 0.611. The summed E-state index contributed by atoms with van der Waals surface area (Å²) in [6.45, 7) is 6.30. The lowest BCUT2D eigenvalue weighted by Crippen LogP contribution is -2.53. The SMILES string of the molecule is CCC(O)(CC)CNC(=O)C1(c2cccc(C)c2)CCC1. The fourth-order valence-corrected chi connectivity index (χ4v) is 3.03. The monoisotopic (exact) mass is 289 g/mol. The molecule has 0 radical (unpaired) electrons. The Kier molecular flexibility index (Phi) is 4.72. The zero-order chi connectivity index (χ0) is 15.5. The average molecular weight is 289 g/mol. The average Bonchev–Trinajstić information content (AvgIpc) is 2.44. The number of rotatable bonds is 6. The molecule has 2 rings (SSSR count). The van der Waals surface area contributed by atoms with Crippen LogP contribution < -0.4 is 5.32 Å². The van der Waals surface area contributed by atoms with Crippen molar-refractivity contribution < 1.29 is 9.90 Å². The summed E-state index contributed by atoms with van der Waals surface area (Å²) in [5.74, 6) is 0.0691. The van der Waals surface area contributed by atoms with E-state index in [0.29, 0.717) is 19.4 Å². The van der Waals surface area contributed by atoms with Crippen molar-refractivity contribution in [3.05, 3.63) is 35.4 Å². The molecule has 1 saturated carbocycles. The topological polar surface area (TPSA) is 49.3 Å². The van der Waals surface area contributed by atoms with Crippen molar-refractivity contribution in [1.82, 2.24) is 5.32 Å². The lowest BCUT2D eigenvalue weighted by atomic mass is 9.63. The minimum atomic E-state index is -0.785. The van der Waals surface area contributed by atoms with Crippen molar-refractivity contribution in [2.45, 2.75) is 63.9 Å². The minimum Gasteiger partial charge on any atom is -0.388 e. The summed E-state index contributed by atoms with van der Waals surface area (Å²) in [6.07, 6.45) is 4.20. The number of amides is 1. The van der Waals surface area contributed by atoms with Gasteiger partial charge in [-0.2, -0.15) is 0 Å². The molecule has 0 bridgehead atoms. The summed E-state index contributed by atoms with van der Waals surface area (Å²) >= 11 is 0. The van der Waals surface area contributed by atoms with Gasteiger partial charge in [-0.3, -0.25) is 4.79 Å². The van der Waals surface area contributed by atoms with Gasteiger partial charge in [0.25, 0.3) is 0 Å². The molecule has 116 valence electrons. The number of carbonyl (C=O) groups excluding carboxylic acids is 1. The first kappa shape index (κ1) is 16.0. The molecular weight excluding hydrogens is 262 g/mol. The highest BCUT2D eigenvalue weighted by Gasteiger charge is 2.45. The van der Waals surface area contributed by atoms with Crippen LogP contribution in [0.3, 0.4) is 0 Å². The molecule has 0 saturated heterocycles. The summed E-state index contributed by atoms with van der Waals surface area (Å²) < 4.78 is 0. The molecule has 0 aromatic heterocycles. The molecule has 0 aliphatic heterocycles. The minimum absolute atomic E-state index is 0.0691. The van der Waals surface area contributed by atoms with Crippen LogP contribution in [0.25, 0.3) is 0 Å². The van der Waals surface area contributed by atoms with Crippen LogP contribution in [0.5, 0.6) is 0 Å². The number of hydrogen-bond donors (Lipinski definition) is 2. The lowest BCUT2D eigenvalue weighted by Gasteiger charge is -2.41. The van der Waals surface area contributed by atoms with E-state index in [-0.39, 0.29) is 11.3 Å². The molecule has 21 heavy (non-hydrogen) atoms. The van der Waals surface area contributed by atoms with Gasteiger partial charge in [0.05, 0.1) is 11.0 Å². The van der Waals surface area contributed by atoms with Gasteiger partial charge in [-0.25, -0.2) is 0 Å². The lowest BCUT2D eigenvalue weighted by molar-refractivity contribution is -0.131. The number of carbonyl (C=O) groups is 1. The second-order valence-corrected chi connectivity index (χ2v) is 6.42. The first-order valence-corrected chi connectivity index (χ1v) is 8.03. The third-order valence-corrected chi connectivity index (χ3v) is 5.11. The van der Waals surface area contributed by atoms with Crippen LogP contribution >= 0.6 is 0 Å². The Hall–Kier alpha value is -1.35. The number of aryl methyl sites for hydroxylation is 1. The second kappa shape index (κ2) is 6.18. The number of hydrogen-bond acceptors (Lipinski definition) is 2. The molecule has 1 aliphatic carbocycles. The molecule has 1 aliphatic rings. The van der Waals surface area contributed by atoms with E-state index in [4.69, 9.17) is 0 Å². The Morgan fingerprint density at radius 1 is 1.33 bits per heavy atom. The zero-order valence-corrected chi connectivity index (χ0v) is 13.4. The van der Waals surface area contributed by atoms with Crippen molar-refractivity contribution in [3.8, 4) is 0 Å². The smallest absolute Gasteiger partial charge is 0.230 e.